The van der Waals surface area contributed by atoms with Gasteiger partial charge in [0.15, 0.2) is 0 Å². The van der Waals surface area contributed by atoms with Crippen LogP contribution in [0.3, 0.4) is 0 Å². The fourth-order valence-corrected chi connectivity index (χ4v) is 2.95. The Labute approximate surface area is 133 Å². The molecule has 2 heterocycles. The molecule has 116 valence electrons. The van der Waals surface area contributed by atoms with Gasteiger partial charge in [-0.05, 0) is 23.3 Å². The molecule has 1 aliphatic heterocycles. The first-order valence-corrected chi connectivity index (χ1v) is 7.72. The van der Waals surface area contributed by atoms with Crippen molar-refractivity contribution in [2.75, 3.05) is 18.5 Å². The Bertz CT molecular complexity index is 845. The number of benzene rings is 2. The van der Waals surface area contributed by atoms with Crippen LogP contribution in [0, 0.1) is 0 Å². The van der Waals surface area contributed by atoms with Gasteiger partial charge in [0.1, 0.15) is 0 Å². The number of carbonyl (C=O) groups is 1. The second-order valence-electron chi connectivity index (χ2n) is 5.71. The van der Waals surface area contributed by atoms with Gasteiger partial charge in [0.2, 0.25) is 0 Å². The van der Waals surface area contributed by atoms with Gasteiger partial charge >= 0.3 is 0 Å². The van der Waals surface area contributed by atoms with Crippen molar-refractivity contribution in [3.63, 3.8) is 0 Å². The summed E-state index contributed by atoms with van der Waals surface area (Å²) in [5.41, 5.74) is 1.37. The molecule has 5 heteroatoms. The van der Waals surface area contributed by atoms with Crippen LogP contribution in [-0.2, 0) is 4.74 Å². The molecule has 1 atom stereocenters. The number of nitrogens with one attached hydrogen (secondary N) is 1. The molecule has 0 aliphatic carbocycles. The van der Waals surface area contributed by atoms with E-state index in [9.17, 15) is 4.79 Å². The number of rotatable bonds is 3. The van der Waals surface area contributed by atoms with E-state index in [1.165, 1.54) is 0 Å². The standard InChI is InChI=1S/C18H17N3O2/c22-18(17-7-3-5-13-4-1-2-6-16(13)17)20-14-10-19-21(11-14)15-8-9-23-12-15/h1-7,10-11,15H,8-9,12H2,(H,20,22)/t15-/m1/s1. The molecule has 1 aliphatic rings. The van der Waals surface area contributed by atoms with E-state index >= 15 is 0 Å². The van der Waals surface area contributed by atoms with E-state index in [2.05, 4.69) is 10.4 Å². The van der Waals surface area contributed by atoms with Gasteiger partial charge in [-0.25, -0.2) is 0 Å². The van der Waals surface area contributed by atoms with Gasteiger partial charge in [-0.1, -0.05) is 36.4 Å². The quantitative estimate of drug-likeness (QED) is 0.808. The Kier molecular flexibility index (Phi) is 3.55. The third-order valence-corrected chi connectivity index (χ3v) is 4.17. The van der Waals surface area contributed by atoms with Crippen LogP contribution in [0.1, 0.15) is 22.8 Å². The van der Waals surface area contributed by atoms with Crippen LogP contribution in [0.4, 0.5) is 5.69 Å². The molecule has 0 spiro atoms. The summed E-state index contributed by atoms with van der Waals surface area (Å²) >= 11 is 0. The highest BCUT2D eigenvalue weighted by Crippen LogP contribution is 2.22. The fraction of sp³-hybridized carbons (Fsp3) is 0.222. The molecule has 1 saturated heterocycles. The van der Waals surface area contributed by atoms with Crippen LogP contribution < -0.4 is 5.32 Å². The van der Waals surface area contributed by atoms with Crippen molar-refractivity contribution in [2.24, 2.45) is 0 Å². The number of anilines is 1. The first-order valence-electron chi connectivity index (χ1n) is 7.72. The van der Waals surface area contributed by atoms with E-state index in [0.29, 0.717) is 17.9 Å². The summed E-state index contributed by atoms with van der Waals surface area (Å²) in [4.78, 5) is 12.6. The van der Waals surface area contributed by atoms with Gasteiger partial charge in [0.05, 0.1) is 24.5 Å². The maximum atomic E-state index is 12.6. The van der Waals surface area contributed by atoms with Crippen molar-refractivity contribution in [1.82, 2.24) is 9.78 Å². The maximum Gasteiger partial charge on any atom is 0.256 e. The van der Waals surface area contributed by atoms with Crippen LogP contribution in [-0.4, -0.2) is 28.9 Å². The van der Waals surface area contributed by atoms with E-state index < -0.39 is 0 Å². The Morgan fingerprint density at radius 2 is 2.09 bits per heavy atom. The number of aromatic nitrogens is 2. The zero-order valence-electron chi connectivity index (χ0n) is 12.6. The number of fused-ring (bicyclic) bond motifs is 1. The molecule has 1 amide bonds. The lowest BCUT2D eigenvalue weighted by Gasteiger charge is -2.08. The Morgan fingerprint density at radius 1 is 1.22 bits per heavy atom. The summed E-state index contributed by atoms with van der Waals surface area (Å²) in [5.74, 6) is -0.121. The normalized spacial score (nSPS) is 17.5. The number of hydrogen-bond acceptors (Lipinski definition) is 3. The Balaban J connectivity index is 1.57. The molecule has 1 N–H and O–H groups in total. The number of ether oxygens (including phenoxy) is 1. The summed E-state index contributed by atoms with van der Waals surface area (Å²) < 4.78 is 7.24. The zero-order chi connectivity index (χ0) is 15.6. The number of amides is 1. The topological polar surface area (TPSA) is 56.2 Å². The second kappa shape index (κ2) is 5.85. The monoisotopic (exact) mass is 307 g/mol. The van der Waals surface area contributed by atoms with E-state index in [-0.39, 0.29) is 11.9 Å². The Hall–Kier alpha value is -2.66. The third-order valence-electron chi connectivity index (χ3n) is 4.17. The maximum absolute atomic E-state index is 12.6. The van der Waals surface area contributed by atoms with E-state index in [4.69, 9.17) is 4.74 Å². The first-order chi connectivity index (χ1) is 11.3. The van der Waals surface area contributed by atoms with Crippen LogP contribution in [0.5, 0.6) is 0 Å². The molecule has 3 aromatic rings. The van der Waals surface area contributed by atoms with Gasteiger partial charge in [-0.2, -0.15) is 5.10 Å². The van der Waals surface area contributed by atoms with Crippen molar-refractivity contribution in [2.45, 2.75) is 12.5 Å². The second-order valence-corrected chi connectivity index (χ2v) is 5.71. The summed E-state index contributed by atoms with van der Waals surface area (Å²) in [6, 6.07) is 13.9. The lowest BCUT2D eigenvalue weighted by molar-refractivity contribution is 0.102. The van der Waals surface area contributed by atoms with Crippen molar-refractivity contribution >= 4 is 22.4 Å². The van der Waals surface area contributed by atoms with E-state index in [0.717, 1.165) is 23.8 Å². The number of hydrogen-bond donors (Lipinski definition) is 1. The predicted molar refractivity (Wildman–Crippen MR) is 88.6 cm³/mol. The fourth-order valence-electron chi connectivity index (χ4n) is 2.95. The molecular weight excluding hydrogens is 290 g/mol. The average Bonchev–Trinajstić information content (AvgIpc) is 3.25. The largest absolute Gasteiger partial charge is 0.379 e. The molecule has 4 rings (SSSR count). The molecule has 1 fully saturated rings. The highest BCUT2D eigenvalue weighted by Gasteiger charge is 2.19. The molecule has 0 unspecified atom stereocenters. The highest BCUT2D eigenvalue weighted by atomic mass is 16.5. The zero-order valence-corrected chi connectivity index (χ0v) is 12.6. The van der Waals surface area contributed by atoms with Crippen molar-refractivity contribution < 1.29 is 9.53 Å². The average molecular weight is 307 g/mol. The first kappa shape index (κ1) is 14.0. The molecule has 0 saturated carbocycles. The lowest BCUT2D eigenvalue weighted by atomic mass is 10.0. The smallest absolute Gasteiger partial charge is 0.256 e. The van der Waals surface area contributed by atoms with Gasteiger partial charge in [-0.3, -0.25) is 9.48 Å². The number of nitrogens with zero attached hydrogens (tertiary/aromatic N) is 2. The van der Waals surface area contributed by atoms with E-state index in [1.807, 2.05) is 53.3 Å². The summed E-state index contributed by atoms with van der Waals surface area (Å²) in [7, 11) is 0. The van der Waals surface area contributed by atoms with Crippen LogP contribution >= 0.6 is 0 Å². The van der Waals surface area contributed by atoms with Crippen molar-refractivity contribution in [1.29, 1.82) is 0 Å². The minimum absolute atomic E-state index is 0.121. The molecular formula is C18H17N3O2. The SMILES string of the molecule is O=C(Nc1cnn([C@@H]2CCOC2)c1)c1cccc2ccccc12. The minimum atomic E-state index is -0.121. The van der Waals surface area contributed by atoms with Crippen molar-refractivity contribution in [3.05, 3.63) is 60.4 Å². The van der Waals surface area contributed by atoms with Gasteiger partial charge in [-0.15, -0.1) is 0 Å². The van der Waals surface area contributed by atoms with Gasteiger partial charge in [0.25, 0.3) is 5.91 Å². The summed E-state index contributed by atoms with van der Waals surface area (Å²) in [6.45, 7) is 1.45. The number of carbonyl (C=O) groups excluding carboxylic acids is 1. The van der Waals surface area contributed by atoms with E-state index in [1.54, 1.807) is 6.20 Å². The molecule has 2 aromatic carbocycles. The van der Waals surface area contributed by atoms with Gasteiger partial charge < -0.3 is 10.1 Å². The minimum Gasteiger partial charge on any atom is -0.379 e. The molecule has 23 heavy (non-hydrogen) atoms. The highest BCUT2D eigenvalue weighted by molar-refractivity contribution is 6.12. The molecule has 1 aromatic heterocycles. The molecule has 0 radical (unpaired) electrons. The summed E-state index contributed by atoms with van der Waals surface area (Å²) in [5, 5.41) is 9.26. The van der Waals surface area contributed by atoms with Crippen LogP contribution in [0.2, 0.25) is 0 Å². The Morgan fingerprint density at radius 3 is 2.96 bits per heavy atom. The lowest BCUT2D eigenvalue weighted by Crippen LogP contribution is -2.12. The third kappa shape index (κ3) is 2.71. The van der Waals surface area contributed by atoms with Crippen LogP contribution in [0.15, 0.2) is 54.9 Å². The molecule has 0 bridgehead atoms. The molecule has 5 nitrogen and oxygen atoms in total. The van der Waals surface area contributed by atoms with Crippen molar-refractivity contribution in [3.8, 4) is 0 Å². The van der Waals surface area contributed by atoms with Crippen LogP contribution in [0.25, 0.3) is 10.8 Å². The predicted octanol–water partition coefficient (Wildman–Crippen LogP) is 3.25. The van der Waals surface area contributed by atoms with Gasteiger partial charge in [0, 0.05) is 18.4 Å². The summed E-state index contributed by atoms with van der Waals surface area (Å²) in [6.07, 6.45) is 4.50.